The maximum atomic E-state index is 4.83. The van der Waals surface area contributed by atoms with Crippen LogP contribution in [0.1, 0.15) is 18.7 Å². The van der Waals surface area contributed by atoms with Crippen LogP contribution in [0.2, 0.25) is 0 Å². The van der Waals surface area contributed by atoms with E-state index in [9.17, 15) is 0 Å². The van der Waals surface area contributed by atoms with Gasteiger partial charge in [-0.25, -0.2) is 4.98 Å². The molecule has 4 rings (SSSR count). The molecule has 25 heavy (non-hydrogen) atoms. The number of hydrogen-bond acceptors (Lipinski definition) is 4. The fourth-order valence-corrected chi connectivity index (χ4v) is 4.26. The van der Waals surface area contributed by atoms with E-state index in [1.165, 1.54) is 70.0 Å². The van der Waals surface area contributed by atoms with Gasteiger partial charge in [0.05, 0.1) is 17.6 Å². The molecule has 2 aliphatic rings. The summed E-state index contributed by atoms with van der Waals surface area (Å²) in [5.41, 5.74) is 2.35. The molecule has 0 atom stereocenters. The first-order valence-electron chi connectivity index (χ1n) is 9.72. The van der Waals surface area contributed by atoms with Crippen LogP contribution in [0.15, 0.2) is 24.3 Å². The van der Waals surface area contributed by atoms with E-state index in [0.717, 1.165) is 18.0 Å². The number of likely N-dealkylation sites (tertiary alicyclic amines) is 1. The summed E-state index contributed by atoms with van der Waals surface area (Å²) in [5.74, 6) is 2.07. The van der Waals surface area contributed by atoms with Crippen LogP contribution < -0.4 is 0 Å². The van der Waals surface area contributed by atoms with E-state index in [1.54, 1.807) is 0 Å². The average Bonchev–Trinajstić information content (AvgIpc) is 2.95. The van der Waals surface area contributed by atoms with Gasteiger partial charge in [-0.05, 0) is 51.0 Å². The summed E-state index contributed by atoms with van der Waals surface area (Å²) in [4.78, 5) is 12.5. The molecule has 136 valence electrons. The predicted molar refractivity (Wildman–Crippen MR) is 103 cm³/mol. The predicted octanol–water partition coefficient (Wildman–Crippen LogP) is 2.03. The number of nitrogens with zero attached hydrogens (tertiary/aromatic N) is 5. The van der Waals surface area contributed by atoms with Crippen LogP contribution in [0.25, 0.3) is 11.0 Å². The molecule has 0 saturated carbocycles. The Morgan fingerprint density at radius 1 is 0.920 bits per heavy atom. The summed E-state index contributed by atoms with van der Waals surface area (Å²) in [6.07, 6.45) is 2.66. The largest absolute Gasteiger partial charge is 0.330 e. The number of fused-ring (bicyclic) bond motifs is 1. The Balaban J connectivity index is 1.29. The molecule has 0 radical (unpaired) electrons. The number of piperidine rings is 1. The lowest BCUT2D eigenvalue weighted by atomic mass is 9.96. The molecule has 0 bridgehead atoms. The lowest BCUT2D eigenvalue weighted by Gasteiger charge is -2.37. The molecule has 5 heteroatoms. The summed E-state index contributed by atoms with van der Waals surface area (Å²) >= 11 is 0. The highest BCUT2D eigenvalue weighted by Gasteiger charge is 2.24. The molecule has 0 aliphatic carbocycles. The second-order valence-corrected chi connectivity index (χ2v) is 7.90. The minimum atomic E-state index is 0.875. The van der Waals surface area contributed by atoms with Crippen molar-refractivity contribution in [2.75, 3.05) is 52.9 Å². The number of aromatic nitrogens is 2. The number of piperazine rings is 1. The highest BCUT2D eigenvalue weighted by molar-refractivity contribution is 5.75. The Morgan fingerprint density at radius 3 is 2.36 bits per heavy atom. The number of para-hydroxylation sites is 2. The molecule has 0 unspecified atom stereocenters. The summed E-state index contributed by atoms with van der Waals surface area (Å²) < 4.78 is 2.26. The fourth-order valence-electron chi connectivity index (χ4n) is 4.26. The number of rotatable bonds is 4. The summed E-state index contributed by atoms with van der Waals surface area (Å²) in [7, 11) is 4.38. The zero-order valence-electron chi connectivity index (χ0n) is 15.7. The highest BCUT2D eigenvalue weighted by atomic mass is 15.2. The third-order valence-corrected chi connectivity index (χ3v) is 6.06. The molecular weight excluding hydrogens is 310 g/mol. The number of benzene rings is 1. The minimum Gasteiger partial charge on any atom is -0.330 e. The average molecular weight is 342 g/mol. The Bertz CT molecular complexity index is 693. The van der Waals surface area contributed by atoms with Crippen molar-refractivity contribution in [1.29, 1.82) is 0 Å². The molecule has 0 amide bonds. The SMILES string of the molecule is CN1CCN(CC2CCN(Cc3nc4ccccc4n3C)CC2)CC1. The molecule has 2 aromatic rings. The molecule has 5 nitrogen and oxygen atoms in total. The Morgan fingerprint density at radius 2 is 1.64 bits per heavy atom. The summed E-state index contributed by atoms with van der Waals surface area (Å²) in [6.45, 7) is 9.65. The van der Waals surface area contributed by atoms with Crippen molar-refractivity contribution in [3.05, 3.63) is 30.1 Å². The zero-order chi connectivity index (χ0) is 17.2. The van der Waals surface area contributed by atoms with Gasteiger partial charge in [-0.15, -0.1) is 0 Å². The third kappa shape index (κ3) is 3.89. The maximum absolute atomic E-state index is 4.83. The van der Waals surface area contributed by atoms with E-state index in [0.29, 0.717) is 0 Å². The monoisotopic (exact) mass is 341 g/mol. The number of hydrogen-bond donors (Lipinski definition) is 0. The smallest absolute Gasteiger partial charge is 0.123 e. The molecule has 2 aliphatic heterocycles. The van der Waals surface area contributed by atoms with Crippen LogP contribution in [0.5, 0.6) is 0 Å². The van der Waals surface area contributed by atoms with E-state index >= 15 is 0 Å². The fraction of sp³-hybridized carbons (Fsp3) is 0.650. The highest BCUT2D eigenvalue weighted by Crippen LogP contribution is 2.22. The van der Waals surface area contributed by atoms with E-state index in [1.807, 2.05) is 0 Å². The molecule has 2 fully saturated rings. The Hall–Kier alpha value is -1.43. The molecule has 0 N–H and O–H groups in total. The van der Waals surface area contributed by atoms with Gasteiger partial charge in [0.25, 0.3) is 0 Å². The van der Waals surface area contributed by atoms with Crippen LogP contribution in [0.4, 0.5) is 0 Å². The molecule has 1 aromatic heterocycles. The van der Waals surface area contributed by atoms with Crippen molar-refractivity contribution in [2.45, 2.75) is 19.4 Å². The van der Waals surface area contributed by atoms with Gasteiger partial charge >= 0.3 is 0 Å². The van der Waals surface area contributed by atoms with Gasteiger partial charge in [-0.1, -0.05) is 12.1 Å². The first-order valence-corrected chi connectivity index (χ1v) is 9.72. The molecular formula is C20H31N5. The number of likely N-dealkylation sites (N-methyl/N-ethyl adjacent to an activating group) is 1. The van der Waals surface area contributed by atoms with Gasteiger partial charge in [0, 0.05) is 39.8 Å². The van der Waals surface area contributed by atoms with Crippen molar-refractivity contribution in [3.8, 4) is 0 Å². The van der Waals surface area contributed by atoms with E-state index in [2.05, 4.69) is 57.6 Å². The number of imidazole rings is 1. The Labute approximate surface area is 151 Å². The van der Waals surface area contributed by atoms with Crippen molar-refractivity contribution in [1.82, 2.24) is 24.3 Å². The first-order chi connectivity index (χ1) is 12.2. The molecule has 2 saturated heterocycles. The first kappa shape index (κ1) is 17.0. The van der Waals surface area contributed by atoms with Gasteiger partial charge in [-0.3, -0.25) is 4.90 Å². The van der Waals surface area contributed by atoms with E-state index in [-0.39, 0.29) is 0 Å². The standard InChI is InChI=1S/C20H31N5/c1-22-11-13-25(14-12-22)15-17-7-9-24(10-8-17)16-20-21-18-5-3-4-6-19(18)23(20)2/h3-6,17H,7-16H2,1-2H3. The van der Waals surface area contributed by atoms with Crippen LogP contribution in [0.3, 0.4) is 0 Å². The Kier molecular flexibility index (Phi) is 5.06. The lowest BCUT2D eigenvalue weighted by Crippen LogP contribution is -2.47. The quantitative estimate of drug-likeness (QED) is 0.850. The molecule has 1 aromatic carbocycles. The summed E-state index contributed by atoms with van der Waals surface area (Å²) in [6, 6.07) is 8.44. The van der Waals surface area contributed by atoms with Gasteiger partial charge in [0.1, 0.15) is 5.82 Å². The topological polar surface area (TPSA) is 27.5 Å². The summed E-state index contributed by atoms with van der Waals surface area (Å²) in [5, 5.41) is 0. The maximum Gasteiger partial charge on any atom is 0.123 e. The number of aryl methyl sites for hydroxylation is 1. The van der Waals surface area contributed by atoms with Gasteiger partial charge in [-0.2, -0.15) is 0 Å². The van der Waals surface area contributed by atoms with Crippen LogP contribution >= 0.6 is 0 Å². The van der Waals surface area contributed by atoms with Gasteiger partial charge < -0.3 is 14.4 Å². The van der Waals surface area contributed by atoms with E-state index in [4.69, 9.17) is 4.98 Å². The lowest BCUT2D eigenvalue weighted by molar-refractivity contribution is 0.103. The third-order valence-electron chi connectivity index (χ3n) is 6.06. The van der Waals surface area contributed by atoms with Crippen LogP contribution in [-0.4, -0.2) is 77.1 Å². The van der Waals surface area contributed by atoms with Gasteiger partial charge in [0.2, 0.25) is 0 Å². The zero-order valence-corrected chi connectivity index (χ0v) is 15.7. The molecule has 0 spiro atoms. The van der Waals surface area contributed by atoms with Crippen molar-refractivity contribution in [3.63, 3.8) is 0 Å². The van der Waals surface area contributed by atoms with Gasteiger partial charge in [0.15, 0.2) is 0 Å². The normalized spacial score (nSPS) is 22.0. The van der Waals surface area contributed by atoms with Crippen molar-refractivity contribution < 1.29 is 0 Å². The van der Waals surface area contributed by atoms with Crippen LogP contribution in [-0.2, 0) is 13.6 Å². The van der Waals surface area contributed by atoms with Crippen LogP contribution in [0, 0.1) is 5.92 Å². The van der Waals surface area contributed by atoms with Crippen molar-refractivity contribution >= 4 is 11.0 Å². The van der Waals surface area contributed by atoms with E-state index < -0.39 is 0 Å². The second kappa shape index (κ2) is 7.44. The minimum absolute atomic E-state index is 0.875. The second-order valence-electron chi connectivity index (χ2n) is 7.90. The van der Waals surface area contributed by atoms with Crippen molar-refractivity contribution in [2.24, 2.45) is 13.0 Å². The molecule has 3 heterocycles.